The van der Waals surface area contributed by atoms with Crippen molar-refractivity contribution in [2.45, 2.75) is 39.5 Å². The molecule has 0 spiro atoms. The van der Waals surface area contributed by atoms with E-state index >= 15 is 0 Å². The van der Waals surface area contributed by atoms with Crippen LogP contribution in [0.15, 0.2) is 12.2 Å². The summed E-state index contributed by atoms with van der Waals surface area (Å²) in [6, 6.07) is 0. The average molecular weight is 242 g/mol. The van der Waals surface area contributed by atoms with Crippen molar-refractivity contribution < 1.29 is 19.1 Å². The van der Waals surface area contributed by atoms with E-state index in [4.69, 9.17) is 4.74 Å². The van der Waals surface area contributed by atoms with Crippen molar-refractivity contribution in [1.82, 2.24) is 0 Å². The Kier molecular flexibility index (Phi) is 8.11. The molecular formula is C13H22O4. The minimum Gasteiger partial charge on any atom is -0.465 e. The van der Waals surface area contributed by atoms with E-state index in [0.717, 1.165) is 25.7 Å². The molecule has 0 aliphatic heterocycles. The highest BCUT2D eigenvalue weighted by atomic mass is 16.5. The normalized spacial score (nSPS) is 11.7. The number of carbonyl (C=O) groups is 2. The third-order valence-corrected chi connectivity index (χ3v) is 2.67. The molecule has 0 rings (SSSR count). The number of carbonyl (C=O) groups excluding carboxylic acids is 2. The Morgan fingerprint density at radius 2 is 1.88 bits per heavy atom. The summed E-state index contributed by atoms with van der Waals surface area (Å²) in [5.74, 6) is -1.08. The molecule has 98 valence electrons. The first-order chi connectivity index (χ1) is 8.06. The van der Waals surface area contributed by atoms with Crippen LogP contribution in [0, 0.1) is 5.92 Å². The molecule has 0 heterocycles. The van der Waals surface area contributed by atoms with E-state index in [2.05, 4.69) is 25.2 Å². The van der Waals surface area contributed by atoms with Crippen molar-refractivity contribution in [2.75, 3.05) is 13.7 Å². The molecule has 0 aromatic rings. The summed E-state index contributed by atoms with van der Waals surface area (Å²) in [7, 11) is 1.21. The number of ether oxygens (including phenoxy) is 2. The van der Waals surface area contributed by atoms with Gasteiger partial charge in [0.2, 0.25) is 0 Å². The first kappa shape index (κ1) is 15.7. The maximum Gasteiger partial charge on any atom is 0.344 e. The lowest BCUT2D eigenvalue weighted by atomic mass is 10.0. The Hall–Kier alpha value is -1.32. The van der Waals surface area contributed by atoms with E-state index in [0.29, 0.717) is 12.5 Å². The smallest absolute Gasteiger partial charge is 0.344 e. The molecule has 0 aliphatic rings. The summed E-state index contributed by atoms with van der Waals surface area (Å²) in [4.78, 5) is 22.4. The molecule has 0 aliphatic carbocycles. The predicted octanol–water partition coefficient (Wildman–Crippen LogP) is 2.48. The monoisotopic (exact) mass is 242 g/mol. The van der Waals surface area contributed by atoms with Gasteiger partial charge in [-0.15, -0.1) is 0 Å². The molecule has 4 heteroatoms. The number of rotatable bonds is 8. The molecule has 4 nitrogen and oxygen atoms in total. The van der Waals surface area contributed by atoms with Crippen LogP contribution < -0.4 is 0 Å². The molecule has 0 fully saturated rings. The Morgan fingerprint density at radius 1 is 1.24 bits per heavy atom. The number of methoxy groups -OCH3 is 1. The van der Waals surface area contributed by atoms with Crippen LogP contribution in [0.1, 0.15) is 39.5 Å². The molecule has 17 heavy (non-hydrogen) atoms. The van der Waals surface area contributed by atoms with E-state index in [9.17, 15) is 9.59 Å². The van der Waals surface area contributed by atoms with Gasteiger partial charge >= 0.3 is 11.9 Å². The van der Waals surface area contributed by atoms with Gasteiger partial charge in [0.1, 0.15) is 5.57 Å². The van der Waals surface area contributed by atoms with Crippen LogP contribution in [0.2, 0.25) is 0 Å². The average Bonchev–Trinajstić information content (AvgIpc) is 2.36. The summed E-state index contributed by atoms with van der Waals surface area (Å²) in [6.45, 7) is 7.86. The second kappa shape index (κ2) is 8.79. The maximum absolute atomic E-state index is 11.4. The van der Waals surface area contributed by atoms with Gasteiger partial charge in [-0.25, -0.2) is 9.59 Å². The van der Waals surface area contributed by atoms with Crippen molar-refractivity contribution in [3.05, 3.63) is 12.2 Å². The van der Waals surface area contributed by atoms with Crippen LogP contribution in [-0.4, -0.2) is 25.7 Å². The van der Waals surface area contributed by atoms with Gasteiger partial charge in [0.05, 0.1) is 13.7 Å². The number of hydrogen-bond donors (Lipinski definition) is 0. The molecule has 0 saturated heterocycles. The van der Waals surface area contributed by atoms with Crippen molar-refractivity contribution in [3.63, 3.8) is 0 Å². The lowest BCUT2D eigenvalue weighted by Gasteiger charge is -2.14. The van der Waals surface area contributed by atoms with Gasteiger partial charge in [-0.05, 0) is 12.3 Å². The summed E-state index contributed by atoms with van der Waals surface area (Å²) >= 11 is 0. The van der Waals surface area contributed by atoms with E-state index < -0.39 is 11.9 Å². The Bertz CT molecular complexity index is 271. The lowest BCUT2D eigenvalue weighted by Crippen LogP contribution is -2.19. The topological polar surface area (TPSA) is 52.6 Å². The zero-order chi connectivity index (χ0) is 13.3. The van der Waals surface area contributed by atoms with Gasteiger partial charge in [-0.1, -0.05) is 39.7 Å². The molecule has 1 atom stereocenters. The van der Waals surface area contributed by atoms with E-state index in [-0.39, 0.29) is 5.57 Å². The summed E-state index contributed by atoms with van der Waals surface area (Å²) in [5.41, 5.74) is -0.252. The molecule has 0 aromatic carbocycles. The Balaban J connectivity index is 4.04. The van der Waals surface area contributed by atoms with E-state index in [1.165, 1.54) is 7.11 Å². The molecule has 0 bridgehead atoms. The summed E-state index contributed by atoms with van der Waals surface area (Å²) < 4.78 is 9.43. The van der Waals surface area contributed by atoms with Gasteiger partial charge in [-0.3, -0.25) is 0 Å². The standard InChI is InChI=1S/C13H22O4/c1-5-7-8-11(6-2)9-17-13(15)10(3)12(14)16-4/h11H,3,5-9H2,1-2,4H3. The van der Waals surface area contributed by atoms with Crippen LogP contribution in [-0.2, 0) is 19.1 Å². The SMILES string of the molecule is C=C(C(=O)OC)C(=O)OCC(CC)CCCC. The highest BCUT2D eigenvalue weighted by Gasteiger charge is 2.18. The zero-order valence-electron chi connectivity index (χ0n) is 11.0. The van der Waals surface area contributed by atoms with Gasteiger partial charge < -0.3 is 9.47 Å². The molecule has 1 unspecified atom stereocenters. The highest BCUT2D eigenvalue weighted by Crippen LogP contribution is 2.13. The van der Waals surface area contributed by atoms with Crippen molar-refractivity contribution in [3.8, 4) is 0 Å². The number of unbranched alkanes of at least 4 members (excludes halogenated alkanes) is 1. The summed E-state index contributed by atoms with van der Waals surface area (Å²) in [5, 5.41) is 0. The van der Waals surface area contributed by atoms with Gasteiger partial charge in [0.25, 0.3) is 0 Å². The van der Waals surface area contributed by atoms with Crippen molar-refractivity contribution >= 4 is 11.9 Å². The van der Waals surface area contributed by atoms with Crippen LogP contribution in [0.3, 0.4) is 0 Å². The molecule has 0 radical (unpaired) electrons. The molecule has 0 aromatic heterocycles. The van der Waals surface area contributed by atoms with E-state index in [1.54, 1.807) is 0 Å². The van der Waals surface area contributed by atoms with E-state index in [1.807, 2.05) is 0 Å². The van der Waals surface area contributed by atoms with Crippen LogP contribution in [0.4, 0.5) is 0 Å². The first-order valence-electron chi connectivity index (χ1n) is 6.01. The molecule has 0 N–H and O–H groups in total. The van der Waals surface area contributed by atoms with Crippen LogP contribution in [0.25, 0.3) is 0 Å². The fourth-order valence-corrected chi connectivity index (χ4v) is 1.39. The van der Waals surface area contributed by atoms with Gasteiger partial charge in [-0.2, -0.15) is 0 Å². The fourth-order valence-electron chi connectivity index (χ4n) is 1.39. The molecule has 0 saturated carbocycles. The first-order valence-corrected chi connectivity index (χ1v) is 6.01. The molecular weight excluding hydrogens is 220 g/mol. The van der Waals surface area contributed by atoms with Crippen LogP contribution in [0.5, 0.6) is 0 Å². The zero-order valence-corrected chi connectivity index (χ0v) is 11.0. The van der Waals surface area contributed by atoms with Gasteiger partial charge in [0, 0.05) is 0 Å². The van der Waals surface area contributed by atoms with Crippen LogP contribution >= 0.6 is 0 Å². The summed E-state index contributed by atoms with van der Waals surface area (Å²) in [6.07, 6.45) is 4.23. The maximum atomic E-state index is 11.4. The minimum absolute atomic E-state index is 0.252. The largest absolute Gasteiger partial charge is 0.465 e. The fraction of sp³-hybridized carbons (Fsp3) is 0.692. The number of hydrogen-bond acceptors (Lipinski definition) is 4. The van der Waals surface area contributed by atoms with Crippen molar-refractivity contribution in [2.24, 2.45) is 5.92 Å². The minimum atomic E-state index is -0.739. The third kappa shape index (κ3) is 6.09. The highest BCUT2D eigenvalue weighted by molar-refractivity contribution is 6.13. The van der Waals surface area contributed by atoms with Crippen molar-refractivity contribution in [1.29, 1.82) is 0 Å². The Morgan fingerprint density at radius 3 is 2.35 bits per heavy atom. The Labute approximate surface area is 103 Å². The number of esters is 2. The molecule has 0 amide bonds. The second-order valence-electron chi connectivity index (χ2n) is 3.99. The van der Waals surface area contributed by atoms with Gasteiger partial charge in [0.15, 0.2) is 0 Å². The lowest BCUT2D eigenvalue weighted by molar-refractivity contribution is -0.146. The third-order valence-electron chi connectivity index (χ3n) is 2.67. The predicted molar refractivity (Wildman–Crippen MR) is 65.4 cm³/mol. The second-order valence-corrected chi connectivity index (χ2v) is 3.99. The quantitative estimate of drug-likeness (QED) is 0.284.